The fourth-order valence-corrected chi connectivity index (χ4v) is 3.74. The number of benzene rings is 1. The summed E-state index contributed by atoms with van der Waals surface area (Å²) in [4.78, 5) is 7.21. The maximum absolute atomic E-state index is 4.67. The molecular weight excluding hydrogens is 326 g/mol. The van der Waals surface area contributed by atoms with Crippen LogP contribution in [0.25, 0.3) is 10.9 Å². The van der Waals surface area contributed by atoms with Crippen LogP contribution in [0.1, 0.15) is 19.8 Å². The summed E-state index contributed by atoms with van der Waals surface area (Å²) >= 11 is 3.52. The third kappa shape index (κ3) is 2.55. The number of para-hydroxylation sites is 1. The average molecular weight is 346 g/mol. The summed E-state index contributed by atoms with van der Waals surface area (Å²) in [6.45, 7) is 4.46. The Hall–Kier alpha value is -1.13. The second kappa shape index (κ2) is 5.25. The SMILES string of the molecule is CC1CNC(C2CC2)CN1c1cccc2cc(Br)cnc12. The standard InChI is InChI=1S/C17H20BrN3/c1-11-8-19-15(12-5-6-12)10-21(11)16-4-2-3-13-7-14(18)9-20-17(13)16/h2-4,7,9,11-12,15,19H,5-6,8,10H2,1H3. The zero-order valence-electron chi connectivity index (χ0n) is 12.2. The molecule has 1 saturated heterocycles. The molecule has 21 heavy (non-hydrogen) atoms. The molecule has 2 atom stereocenters. The van der Waals surface area contributed by atoms with Crippen LogP contribution >= 0.6 is 15.9 Å². The van der Waals surface area contributed by atoms with E-state index in [9.17, 15) is 0 Å². The minimum Gasteiger partial charge on any atom is -0.364 e. The number of nitrogens with zero attached hydrogens (tertiary/aromatic N) is 2. The number of aromatic nitrogens is 1. The maximum atomic E-state index is 4.67. The molecule has 4 heteroatoms. The van der Waals surface area contributed by atoms with Gasteiger partial charge >= 0.3 is 0 Å². The highest BCUT2D eigenvalue weighted by Crippen LogP contribution is 2.36. The van der Waals surface area contributed by atoms with Crippen molar-refractivity contribution in [1.82, 2.24) is 10.3 Å². The van der Waals surface area contributed by atoms with Gasteiger partial charge < -0.3 is 10.2 Å². The molecule has 2 unspecified atom stereocenters. The summed E-state index contributed by atoms with van der Waals surface area (Å²) in [5, 5.41) is 4.92. The minimum absolute atomic E-state index is 0.510. The van der Waals surface area contributed by atoms with Crippen LogP contribution in [0.2, 0.25) is 0 Å². The molecule has 0 spiro atoms. The number of anilines is 1. The number of piperazine rings is 1. The molecule has 4 rings (SSSR count). The lowest BCUT2D eigenvalue weighted by Gasteiger charge is -2.41. The lowest BCUT2D eigenvalue weighted by molar-refractivity contribution is 0.376. The third-order valence-electron chi connectivity index (χ3n) is 4.76. The van der Waals surface area contributed by atoms with E-state index in [1.807, 2.05) is 6.20 Å². The van der Waals surface area contributed by atoms with Crippen molar-refractivity contribution in [3.8, 4) is 0 Å². The van der Waals surface area contributed by atoms with Gasteiger partial charge in [-0.15, -0.1) is 0 Å². The zero-order chi connectivity index (χ0) is 14.4. The van der Waals surface area contributed by atoms with E-state index in [1.54, 1.807) is 0 Å². The van der Waals surface area contributed by atoms with Crippen LogP contribution in [0.4, 0.5) is 5.69 Å². The topological polar surface area (TPSA) is 28.2 Å². The van der Waals surface area contributed by atoms with Crippen LogP contribution < -0.4 is 10.2 Å². The minimum atomic E-state index is 0.510. The number of nitrogens with one attached hydrogen (secondary N) is 1. The quantitative estimate of drug-likeness (QED) is 0.901. The Balaban J connectivity index is 1.73. The lowest BCUT2D eigenvalue weighted by Crippen LogP contribution is -2.56. The zero-order valence-corrected chi connectivity index (χ0v) is 13.8. The Labute approximate surface area is 133 Å². The summed E-state index contributed by atoms with van der Waals surface area (Å²) in [5.41, 5.74) is 2.39. The highest BCUT2D eigenvalue weighted by atomic mass is 79.9. The van der Waals surface area contributed by atoms with Crippen molar-refractivity contribution in [3.05, 3.63) is 34.9 Å². The second-order valence-electron chi connectivity index (χ2n) is 6.36. The first-order chi connectivity index (χ1) is 10.2. The molecule has 0 bridgehead atoms. The van der Waals surface area contributed by atoms with Gasteiger partial charge in [0.05, 0.1) is 11.2 Å². The molecule has 2 heterocycles. The van der Waals surface area contributed by atoms with Crippen LogP contribution in [-0.2, 0) is 0 Å². The number of hydrogen-bond acceptors (Lipinski definition) is 3. The predicted octanol–water partition coefficient (Wildman–Crippen LogP) is 3.57. The molecular formula is C17H20BrN3. The maximum Gasteiger partial charge on any atom is 0.0936 e. The van der Waals surface area contributed by atoms with Crippen molar-refractivity contribution in [2.45, 2.75) is 31.8 Å². The Morgan fingerprint density at radius 2 is 2.19 bits per heavy atom. The third-order valence-corrected chi connectivity index (χ3v) is 5.19. The molecule has 3 nitrogen and oxygen atoms in total. The van der Waals surface area contributed by atoms with Crippen LogP contribution in [0.15, 0.2) is 34.9 Å². The van der Waals surface area contributed by atoms with Crippen molar-refractivity contribution in [2.24, 2.45) is 5.92 Å². The molecule has 1 aromatic heterocycles. The molecule has 2 aromatic rings. The van der Waals surface area contributed by atoms with Crippen molar-refractivity contribution in [3.63, 3.8) is 0 Å². The van der Waals surface area contributed by atoms with Gasteiger partial charge in [0.15, 0.2) is 0 Å². The lowest BCUT2D eigenvalue weighted by atomic mass is 10.0. The van der Waals surface area contributed by atoms with E-state index >= 15 is 0 Å². The van der Waals surface area contributed by atoms with Gasteiger partial charge in [-0.1, -0.05) is 12.1 Å². The predicted molar refractivity (Wildman–Crippen MR) is 90.8 cm³/mol. The smallest absolute Gasteiger partial charge is 0.0936 e. The van der Waals surface area contributed by atoms with Gasteiger partial charge in [0, 0.05) is 41.2 Å². The fraction of sp³-hybridized carbons (Fsp3) is 0.471. The number of rotatable bonds is 2. The van der Waals surface area contributed by atoms with E-state index in [0.717, 1.165) is 29.0 Å². The monoisotopic (exact) mass is 345 g/mol. The van der Waals surface area contributed by atoms with Gasteiger partial charge in [-0.05, 0) is 53.7 Å². The number of hydrogen-bond donors (Lipinski definition) is 1. The van der Waals surface area contributed by atoms with Crippen LogP contribution in [0.3, 0.4) is 0 Å². The van der Waals surface area contributed by atoms with Crippen LogP contribution in [0.5, 0.6) is 0 Å². The summed E-state index contributed by atoms with van der Waals surface area (Å²) in [6.07, 6.45) is 4.68. The Morgan fingerprint density at radius 1 is 1.33 bits per heavy atom. The fourth-order valence-electron chi connectivity index (χ4n) is 3.39. The number of pyridine rings is 1. The van der Waals surface area contributed by atoms with E-state index in [-0.39, 0.29) is 0 Å². The summed E-state index contributed by atoms with van der Waals surface area (Å²) in [6, 6.07) is 9.81. The molecule has 1 aliphatic carbocycles. The van der Waals surface area contributed by atoms with E-state index in [2.05, 4.69) is 62.3 Å². The Bertz CT molecular complexity index is 668. The normalized spacial score (nSPS) is 26.3. The number of halogens is 1. The molecule has 0 radical (unpaired) electrons. The number of fused-ring (bicyclic) bond motifs is 1. The first-order valence-corrected chi connectivity index (χ1v) is 8.56. The van der Waals surface area contributed by atoms with E-state index in [1.165, 1.54) is 23.9 Å². The van der Waals surface area contributed by atoms with Crippen molar-refractivity contribution in [2.75, 3.05) is 18.0 Å². The van der Waals surface area contributed by atoms with Crippen molar-refractivity contribution < 1.29 is 0 Å². The van der Waals surface area contributed by atoms with Crippen molar-refractivity contribution in [1.29, 1.82) is 0 Å². The molecule has 2 aliphatic rings. The second-order valence-corrected chi connectivity index (χ2v) is 7.27. The molecule has 1 N–H and O–H groups in total. The van der Waals surface area contributed by atoms with Gasteiger partial charge in [0.2, 0.25) is 0 Å². The first-order valence-electron chi connectivity index (χ1n) is 7.76. The van der Waals surface area contributed by atoms with Crippen LogP contribution in [-0.4, -0.2) is 30.2 Å². The summed E-state index contributed by atoms with van der Waals surface area (Å²) < 4.78 is 1.04. The van der Waals surface area contributed by atoms with E-state index < -0.39 is 0 Å². The van der Waals surface area contributed by atoms with E-state index in [4.69, 9.17) is 0 Å². The molecule has 1 aliphatic heterocycles. The highest BCUT2D eigenvalue weighted by molar-refractivity contribution is 9.10. The van der Waals surface area contributed by atoms with Gasteiger partial charge in [-0.2, -0.15) is 0 Å². The Morgan fingerprint density at radius 3 is 3.00 bits per heavy atom. The largest absolute Gasteiger partial charge is 0.364 e. The Kier molecular flexibility index (Phi) is 3.38. The molecule has 110 valence electrons. The van der Waals surface area contributed by atoms with Gasteiger partial charge in [0.1, 0.15) is 0 Å². The molecule has 2 fully saturated rings. The average Bonchev–Trinajstić information content (AvgIpc) is 3.31. The van der Waals surface area contributed by atoms with E-state index in [0.29, 0.717) is 12.1 Å². The summed E-state index contributed by atoms with van der Waals surface area (Å²) in [5.74, 6) is 0.886. The molecule has 1 saturated carbocycles. The van der Waals surface area contributed by atoms with Crippen LogP contribution in [0, 0.1) is 5.92 Å². The molecule has 0 amide bonds. The van der Waals surface area contributed by atoms with Gasteiger partial charge in [-0.25, -0.2) is 0 Å². The first kappa shape index (κ1) is 13.5. The molecule has 1 aromatic carbocycles. The van der Waals surface area contributed by atoms with Crippen molar-refractivity contribution >= 4 is 32.5 Å². The summed E-state index contributed by atoms with van der Waals surface area (Å²) in [7, 11) is 0. The van der Waals surface area contributed by atoms with Gasteiger partial charge in [0.25, 0.3) is 0 Å². The van der Waals surface area contributed by atoms with Gasteiger partial charge in [-0.3, -0.25) is 4.98 Å². The highest BCUT2D eigenvalue weighted by Gasteiger charge is 2.36.